The van der Waals surface area contributed by atoms with Crippen LogP contribution in [0.2, 0.25) is 0 Å². The fourth-order valence-corrected chi connectivity index (χ4v) is 8.89. The summed E-state index contributed by atoms with van der Waals surface area (Å²) in [6.07, 6.45) is 0.383. The average Bonchev–Trinajstić information content (AvgIpc) is 2.73. The summed E-state index contributed by atoms with van der Waals surface area (Å²) < 4.78 is 40.5. The molecule has 2 rings (SSSR count). The minimum Gasteiger partial charge on any atom is -0.382 e. The summed E-state index contributed by atoms with van der Waals surface area (Å²) in [5.74, 6) is -2.36. The van der Waals surface area contributed by atoms with Crippen molar-refractivity contribution in [2.75, 3.05) is 6.61 Å². The molecular formula is C23H34O5P2. The van der Waals surface area contributed by atoms with Crippen LogP contribution in [0.15, 0.2) is 60.7 Å². The van der Waals surface area contributed by atoms with Gasteiger partial charge in [0.05, 0.1) is 6.61 Å². The molecule has 0 aliphatic rings. The Labute approximate surface area is 180 Å². The smallest absolute Gasteiger partial charge is 0.260 e. The Kier molecular flexibility index (Phi) is 9.09. The van der Waals surface area contributed by atoms with Crippen LogP contribution in [0.4, 0.5) is 0 Å². The second-order valence-electron chi connectivity index (χ2n) is 8.13. The SMILES string of the molecule is CCO[P@@](=O)(c1ccccc1)[C@H](CC(C)C)O[P@](=O)(c1ccccc1)[C@H](O)C(C)C. The number of aliphatic hydroxyl groups is 1. The molecule has 0 unspecified atom stereocenters. The molecule has 7 heteroatoms. The molecule has 0 saturated carbocycles. The van der Waals surface area contributed by atoms with Crippen molar-refractivity contribution in [2.24, 2.45) is 11.8 Å². The molecule has 2 aromatic carbocycles. The molecule has 0 fully saturated rings. The summed E-state index contributed by atoms with van der Waals surface area (Å²) in [5, 5.41) is 11.9. The van der Waals surface area contributed by atoms with Crippen molar-refractivity contribution in [1.29, 1.82) is 0 Å². The van der Waals surface area contributed by atoms with E-state index in [1.54, 1.807) is 69.3 Å². The van der Waals surface area contributed by atoms with Gasteiger partial charge in [0.25, 0.3) is 14.7 Å². The Morgan fingerprint density at radius 1 is 0.833 bits per heavy atom. The largest absolute Gasteiger partial charge is 0.382 e. The van der Waals surface area contributed by atoms with Crippen LogP contribution in [0.3, 0.4) is 0 Å². The van der Waals surface area contributed by atoms with Crippen molar-refractivity contribution < 1.29 is 23.3 Å². The zero-order valence-corrected chi connectivity index (χ0v) is 20.3. The second-order valence-corrected chi connectivity index (χ2v) is 13.1. The molecule has 0 saturated heterocycles. The maximum atomic E-state index is 14.2. The van der Waals surface area contributed by atoms with Gasteiger partial charge in [-0.25, -0.2) is 0 Å². The zero-order chi connectivity index (χ0) is 22.4. The molecule has 0 bridgehead atoms. The van der Waals surface area contributed by atoms with Crippen LogP contribution in [0.5, 0.6) is 0 Å². The Balaban J connectivity index is 2.61. The molecule has 2 aromatic rings. The third kappa shape index (κ3) is 5.72. The first kappa shape index (κ1) is 25.0. The van der Waals surface area contributed by atoms with Gasteiger partial charge in [-0.3, -0.25) is 9.13 Å². The molecule has 0 aliphatic heterocycles. The van der Waals surface area contributed by atoms with Crippen molar-refractivity contribution in [3.8, 4) is 0 Å². The van der Waals surface area contributed by atoms with Crippen LogP contribution in [0, 0.1) is 11.8 Å². The minimum absolute atomic E-state index is 0.118. The highest BCUT2D eigenvalue weighted by molar-refractivity contribution is 7.70. The van der Waals surface area contributed by atoms with E-state index in [9.17, 15) is 14.2 Å². The topological polar surface area (TPSA) is 72.8 Å². The van der Waals surface area contributed by atoms with E-state index in [1.807, 2.05) is 26.0 Å². The van der Waals surface area contributed by atoms with E-state index < -0.39 is 26.4 Å². The second kappa shape index (κ2) is 10.9. The Bertz CT molecular complexity index is 868. The first-order chi connectivity index (χ1) is 14.1. The number of benzene rings is 2. The summed E-state index contributed by atoms with van der Waals surface area (Å²) in [7, 11) is -7.30. The summed E-state index contributed by atoms with van der Waals surface area (Å²) in [5.41, 5.74) is 0. The van der Waals surface area contributed by atoms with Crippen LogP contribution in [0.1, 0.15) is 41.0 Å². The van der Waals surface area contributed by atoms with E-state index in [-0.39, 0.29) is 18.4 Å². The van der Waals surface area contributed by atoms with Gasteiger partial charge >= 0.3 is 0 Å². The molecule has 0 aliphatic carbocycles. The van der Waals surface area contributed by atoms with Crippen molar-refractivity contribution in [1.82, 2.24) is 0 Å². The van der Waals surface area contributed by atoms with Gasteiger partial charge in [0.15, 0.2) is 0 Å². The number of rotatable bonds is 11. The van der Waals surface area contributed by atoms with E-state index >= 15 is 0 Å². The summed E-state index contributed by atoms with van der Waals surface area (Å²) in [6, 6.07) is 17.6. The van der Waals surface area contributed by atoms with E-state index in [1.165, 1.54) is 0 Å². The van der Waals surface area contributed by atoms with Gasteiger partial charge in [-0.15, -0.1) is 0 Å². The highest BCUT2D eigenvalue weighted by Gasteiger charge is 2.46. The average molecular weight is 452 g/mol. The minimum atomic E-state index is -3.77. The fraction of sp³-hybridized carbons (Fsp3) is 0.478. The number of aliphatic hydroxyl groups excluding tert-OH is 1. The lowest BCUT2D eigenvalue weighted by Crippen LogP contribution is -2.30. The Morgan fingerprint density at radius 2 is 1.30 bits per heavy atom. The number of hydrogen-bond acceptors (Lipinski definition) is 5. The monoisotopic (exact) mass is 452 g/mol. The van der Waals surface area contributed by atoms with Gasteiger partial charge in [-0.2, -0.15) is 0 Å². The predicted octanol–water partition coefficient (Wildman–Crippen LogP) is 5.59. The molecule has 1 N–H and O–H groups in total. The van der Waals surface area contributed by atoms with Gasteiger partial charge in [-0.05, 0) is 49.4 Å². The molecule has 166 valence electrons. The maximum Gasteiger partial charge on any atom is 0.260 e. The summed E-state index contributed by atoms with van der Waals surface area (Å²) in [4.78, 5) is 0. The first-order valence-electron chi connectivity index (χ1n) is 10.5. The van der Waals surface area contributed by atoms with Crippen molar-refractivity contribution in [2.45, 2.75) is 52.7 Å². The van der Waals surface area contributed by atoms with Gasteiger partial charge in [0.2, 0.25) is 0 Å². The van der Waals surface area contributed by atoms with Gasteiger partial charge in [0.1, 0.15) is 11.7 Å². The summed E-state index contributed by atoms with van der Waals surface area (Å²) in [6.45, 7) is 9.57. The van der Waals surface area contributed by atoms with Gasteiger partial charge in [-0.1, -0.05) is 64.1 Å². The van der Waals surface area contributed by atoms with Crippen molar-refractivity contribution in [3.63, 3.8) is 0 Å². The van der Waals surface area contributed by atoms with Crippen molar-refractivity contribution >= 4 is 25.3 Å². The molecular weight excluding hydrogens is 418 g/mol. The predicted molar refractivity (Wildman–Crippen MR) is 124 cm³/mol. The highest BCUT2D eigenvalue weighted by Crippen LogP contribution is 2.62. The molecule has 0 heterocycles. The zero-order valence-electron chi connectivity index (χ0n) is 18.5. The Hall–Kier alpha value is -1.22. The van der Waals surface area contributed by atoms with Gasteiger partial charge < -0.3 is 14.2 Å². The van der Waals surface area contributed by atoms with Gasteiger partial charge in [0, 0.05) is 10.6 Å². The number of hydrogen-bond donors (Lipinski definition) is 1. The molecule has 30 heavy (non-hydrogen) atoms. The maximum absolute atomic E-state index is 14.2. The molecule has 0 spiro atoms. The Morgan fingerprint density at radius 3 is 1.70 bits per heavy atom. The van der Waals surface area contributed by atoms with Crippen LogP contribution in [-0.4, -0.2) is 23.4 Å². The standard InChI is InChI=1S/C23H34O5P2/c1-6-27-29(25,20-13-9-7-10-14-20)22(17-18(2)3)28-30(26,23(24)19(4)5)21-15-11-8-12-16-21/h7-16,18-19,22-24H,6,17H2,1-5H3/t22-,23+,29+,30-/m1/s1. The quantitative estimate of drug-likeness (QED) is 0.450. The van der Waals surface area contributed by atoms with Crippen LogP contribution >= 0.6 is 14.7 Å². The lowest BCUT2D eigenvalue weighted by atomic mass is 10.1. The first-order valence-corrected chi connectivity index (χ1v) is 13.9. The lowest BCUT2D eigenvalue weighted by molar-refractivity contribution is 0.153. The van der Waals surface area contributed by atoms with Crippen LogP contribution in [0.25, 0.3) is 0 Å². The van der Waals surface area contributed by atoms with Crippen molar-refractivity contribution in [3.05, 3.63) is 60.7 Å². The van der Waals surface area contributed by atoms with E-state index in [0.29, 0.717) is 17.0 Å². The third-order valence-electron chi connectivity index (χ3n) is 4.83. The fourth-order valence-electron chi connectivity index (χ4n) is 3.28. The molecule has 4 atom stereocenters. The third-order valence-corrected chi connectivity index (χ3v) is 10.6. The molecule has 0 aromatic heterocycles. The molecule has 0 radical (unpaired) electrons. The van der Waals surface area contributed by atoms with E-state index in [0.717, 1.165) is 0 Å². The summed E-state index contributed by atoms with van der Waals surface area (Å²) >= 11 is 0. The normalized spacial score (nSPS) is 18.0. The van der Waals surface area contributed by atoms with E-state index in [2.05, 4.69) is 0 Å². The van der Waals surface area contributed by atoms with E-state index in [4.69, 9.17) is 9.05 Å². The highest BCUT2D eigenvalue weighted by atomic mass is 31.2. The molecule has 5 nitrogen and oxygen atoms in total. The van der Waals surface area contributed by atoms with Crippen LogP contribution < -0.4 is 10.6 Å². The molecule has 0 amide bonds. The lowest BCUT2D eigenvalue weighted by Gasteiger charge is -2.34. The van der Waals surface area contributed by atoms with Crippen LogP contribution in [-0.2, 0) is 18.2 Å².